The van der Waals surface area contributed by atoms with Gasteiger partial charge in [-0.25, -0.2) is 15.0 Å². The number of nitrogens with zero attached hydrogens (tertiary/aromatic N) is 9. The maximum atomic E-state index is 14.3. The van der Waals surface area contributed by atoms with Crippen LogP contribution in [-0.4, -0.2) is 82.1 Å². The van der Waals surface area contributed by atoms with Crippen molar-refractivity contribution in [2.75, 3.05) is 36.4 Å². The molecule has 274 valence electrons. The summed E-state index contributed by atoms with van der Waals surface area (Å²) in [6.07, 6.45) is -3.17. The number of amides is 2. The third kappa shape index (κ3) is 6.61. The minimum absolute atomic E-state index is 0.0384. The first-order valence-corrected chi connectivity index (χ1v) is 16.7. The Morgan fingerprint density at radius 1 is 1.04 bits per heavy atom. The molecule has 1 aliphatic heterocycles. The lowest BCUT2D eigenvalue weighted by Crippen LogP contribution is -2.51. The number of fused-ring (bicyclic) bond motifs is 2. The molecule has 4 aromatic heterocycles. The molecule has 6 aromatic rings. The first-order valence-electron chi connectivity index (χ1n) is 16.3. The van der Waals surface area contributed by atoms with Crippen LogP contribution in [0.15, 0.2) is 51.9 Å². The summed E-state index contributed by atoms with van der Waals surface area (Å²) in [5.41, 5.74) is 0.877. The number of aromatic hydroxyl groups is 1. The van der Waals surface area contributed by atoms with Crippen LogP contribution < -0.4 is 15.8 Å². The summed E-state index contributed by atoms with van der Waals surface area (Å²) in [5, 5.41) is 17.2. The minimum atomic E-state index is -4.63. The molecule has 0 radical (unpaired) electrons. The number of aromatic nitrogens is 7. The number of benzene rings is 2. The predicted octanol–water partition coefficient (Wildman–Crippen LogP) is 4.65. The molecule has 0 bridgehead atoms. The fourth-order valence-corrected chi connectivity index (χ4v) is 6.49. The van der Waals surface area contributed by atoms with Gasteiger partial charge in [0.1, 0.15) is 24.1 Å². The highest BCUT2D eigenvalue weighted by atomic mass is 35.5. The highest BCUT2D eigenvalue weighted by Crippen LogP contribution is 2.34. The van der Waals surface area contributed by atoms with E-state index in [0.717, 1.165) is 22.7 Å². The zero-order chi connectivity index (χ0) is 37.8. The molecule has 0 spiro atoms. The van der Waals surface area contributed by atoms with Crippen molar-refractivity contribution in [1.82, 2.24) is 39.0 Å². The van der Waals surface area contributed by atoms with Crippen LogP contribution in [0.5, 0.6) is 5.75 Å². The number of nitrogens with one attached hydrogen (secondary N) is 1. The number of carbonyl (C=O) groups excluding carboxylic acids is 2. The summed E-state index contributed by atoms with van der Waals surface area (Å²) in [6.45, 7) is 5.42. The second-order valence-corrected chi connectivity index (χ2v) is 12.7. The lowest BCUT2D eigenvalue weighted by Gasteiger charge is -2.36. The molecular weight excluding hydrogens is 721 g/mol. The largest absolute Gasteiger partial charge is 0.504 e. The summed E-state index contributed by atoms with van der Waals surface area (Å²) in [7, 11) is 0. The smallest absolute Gasteiger partial charge is 0.416 e. The van der Waals surface area contributed by atoms with Crippen LogP contribution in [0.1, 0.15) is 40.3 Å². The summed E-state index contributed by atoms with van der Waals surface area (Å²) in [4.78, 5) is 61.3. The van der Waals surface area contributed by atoms with Crippen LogP contribution in [0, 0.1) is 13.8 Å². The Hall–Kier alpha value is -6.04. The highest BCUT2D eigenvalue weighted by molar-refractivity contribution is 6.33. The molecule has 15 nitrogen and oxygen atoms in total. The molecule has 7 rings (SSSR count). The average molecular weight is 751 g/mol. The number of rotatable bonds is 7. The number of hydrogen-bond acceptors (Lipinski definition) is 11. The first-order chi connectivity index (χ1) is 25.2. The second kappa shape index (κ2) is 13.5. The Morgan fingerprint density at radius 2 is 1.79 bits per heavy atom. The first kappa shape index (κ1) is 35.4. The molecule has 5 heterocycles. The van der Waals surface area contributed by atoms with Crippen molar-refractivity contribution < 1.29 is 32.3 Å². The number of anilines is 2. The maximum Gasteiger partial charge on any atom is 0.416 e. The van der Waals surface area contributed by atoms with Crippen molar-refractivity contribution in [3.8, 4) is 17.1 Å². The quantitative estimate of drug-likeness (QED) is 0.232. The second-order valence-electron chi connectivity index (χ2n) is 12.3. The van der Waals surface area contributed by atoms with Gasteiger partial charge in [0.2, 0.25) is 11.7 Å². The molecule has 2 amide bonds. The number of halogens is 4. The van der Waals surface area contributed by atoms with Gasteiger partial charge in [-0.2, -0.15) is 22.7 Å². The SMILES string of the molecule is CCc1c(N2CCN(C(=O)c3ncnc(C)c3O)CC2)c(=O)n2nc(-c3ccc4nc(C)oc4c3)nc2n1CC(=O)Nc1ccc(C(F)(F)F)cc1Cl. The molecule has 0 saturated carbocycles. The number of carbonyl (C=O) groups is 2. The van der Waals surface area contributed by atoms with E-state index >= 15 is 0 Å². The van der Waals surface area contributed by atoms with Gasteiger partial charge < -0.3 is 29.2 Å². The molecule has 1 aliphatic rings. The fraction of sp³-hybridized carbons (Fsp3) is 0.294. The normalized spacial score (nSPS) is 13.6. The van der Waals surface area contributed by atoms with Gasteiger partial charge in [0.25, 0.3) is 11.5 Å². The van der Waals surface area contributed by atoms with E-state index in [1.165, 1.54) is 15.8 Å². The Bertz CT molecular complexity index is 2490. The van der Waals surface area contributed by atoms with E-state index in [9.17, 15) is 32.7 Å². The molecule has 53 heavy (non-hydrogen) atoms. The Labute approximate surface area is 302 Å². The van der Waals surface area contributed by atoms with Gasteiger partial charge in [0, 0.05) is 38.7 Å². The summed E-state index contributed by atoms with van der Waals surface area (Å²) in [6, 6.07) is 7.74. The van der Waals surface area contributed by atoms with E-state index in [2.05, 4.69) is 30.4 Å². The number of hydrogen-bond donors (Lipinski definition) is 2. The van der Waals surface area contributed by atoms with E-state index in [0.29, 0.717) is 28.2 Å². The molecule has 1 fully saturated rings. The van der Waals surface area contributed by atoms with Crippen molar-refractivity contribution >= 4 is 51.7 Å². The van der Waals surface area contributed by atoms with E-state index in [1.54, 1.807) is 43.9 Å². The molecule has 2 N–H and O–H groups in total. The van der Waals surface area contributed by atoms with E-state index in [-0.39, 0.29) is 77.7 Å². The number of aryl methyl sites for hydroxylation is 2. The Balaban J connectivity index is 1.27. The van der Waals surface area contributed by atoms with Gasteiger partial charge in [0.05, 0.1) is 27.7 Å². The zero-order valence-corrected chi connectivity index (χ0v) is 29.2. The van der Waals surface area contributed by atoms with Gasteiger partial charge in [-0.3, -0.25) is 14.4 Å². The Morgan fingerprint density at radius 3 is 2.49 bits per heavy atom. The highest BCUT2D eigenvalue weighted by Gasteiger charge is 2.32. The summed E-state index contributed by atoms with van der Waals surface area (Å²) < 4.78 is 48.0. The number of alkyl halides is 3. The van der Waals surface area contributed by atoms with E-state index < -0.39 is 35.7 Å². The van der Waals surface area contributed by atoms with Crippen LogP contribution in [-0.2, 0) is 23.9 Å². The van der Waals surface area contributed by atoms with Crippen molar-refractivity contribution in [1.29, 1.82) is 0 Å². The molecular formula is C34H30ClF3N10O5. The van der Waals surface area contributed by atoms with Gasteiger partial charge in [-0.05, 0) is 49.7 Å². The summed E-state index contributed by atoms with van der Waals surface area (Å²) >= 11 is 6.13. The summed E-state index contributed by atoms with van der Waals surface area (Å²) in [5.74, 6) is -0.797. The monoisotopic (exact) mass is 750 g/mol. The van der Waals surface area contributed by atoms with Crippen LogP contribution >= 0.6 is 11.6 Å². The molecule has 2 aromatic carbocycles. The minimum Gasteiger partial charge on any atom is -0.504 e. The van der Waals surface area contributed by atoms with Crippen LogP contribution in [0.25, 0.3) is 28.3 Å². The van der Waals surface area contributed by atoms with Crippen molar-refractivity contribution in [3.63, 3.8) is 0 Å². The fourth-order valence-electron chi connectivity index (χ4n) is 6.26. The third-order valence-electron chi connectivity index (χ3n) is 8.88. The molecule has 0 atom stereocenters. The maximum absolute atomic E-state index is 14.3. The van der Waals surface area contributed by atoms with Crippen molar-refractivity contribution in [2.45, 2.75) is 39.9 Å². The molecule has 1 saturated heterocycles. The van der Waals surface area contributed by atoms with E-state index in [4.69, 9.17) is 16.0 Å². The van der Waals surface area contributed by atoms with Crippen molar-refractivity contribution in [2.24, 2.45) is 0 Å². The van der Waals surface area contributed by atoms with Crippen LogP contribution in [0.3, 0.4) is 0 Å². The standard InChI is InChI=1S/C34H30ClF3N10O5/c1-4-24-28(45-9-11-46(12-10-45)31(51)27-29(50)17(2)39-16-40-27)32(52)48-33(43-30(44-48)19-5-7-23-25(13-19)53-18(3)41-23)47(24)15-26(49)42-22-8-6-20(14-21(22)35)34(36,37)38/h5-8,13-14,16,50H,4,9-12,15H2,1-3H3,(H,42,49). The van der Waals surface area contributed by atoms with Gasteiger partial charge in [-0.15, -0.1) is 5.10 Å². The van der Waals surface area contributed by atoms with Crippen LogP contribution in [0.4, 0.5) is 24.5 Å². The zero-order valence-electron chi connectivity index (χ0n) is 28.4. The van der Waals surface area contributed by atoms with Crippen LogP contribution in [0.2, 0.25) is 5.02 Å². The number of oxazole rings is 1. The van der Waals surface area contributed by atoms with Gasteiger partial charge in [0.15, 0.2) is 28.7 Å². The average Bonchev–Trinajstić information content (AvgIpc) is 3.74. The van der Waals surface area contributed by atoms with Crippen molar-refractivity contribution in [3.05, 3.63) is 86.6 Å². The number of piperazine rings is 1. The van der Waals surface area contributed by atoms with Gasteiger partial charge in [-0.1, -0.05) is 18.5 Å². The lowest BCUT2D eigenvalue weighted by molar-refractivity contribution is -0.137. The molecule has 0 unspecified atom stereocenters. The predicted molar refractivity (Wildman–Crippen MR) is 186 cm³/mol. The third-order valence-corrected chi connectivity index (χ3v) is 9.19. The van der Waals surface area contributed by atoms with E-state index in [1.807, 2.05) is 0 Å². The molecule has 19 heteroatoms. The lowest BCUT2D eigenvalue weighted by atomic mass is 10.2. The topological polar surface area (TPSA) is 177 Å². The Kier molecular flexibility index (Phi) is 9.01. The molecule has 0 aliphatic carbocycles. The van der Waals surface area contributed by atoms with Gasteiger partial charge >= 0.3 is 6.18 Å².